The predicted molar refractivity (Wildman–Crippen MR) is 420 cm³/mol. The summed E-state index contributed by atoms with van der Waals surface area (Å²) in [5.74, 6) is 1.55. The van der Waals surface area contributed by atoms with E-state index in [4.69, 9.17) is 104 Å². The van der Waals surface area contributed by atoms with E-state index in [1.54, 1.807) is 0 Å². The van der Waals surface area contributed by atoms with Gasteiger partial charge in [-0.3, -0.25) is 0 Å². The molecule has 0 aliphatic carbocycles. The highest BCUT2D eigenvalue weighted by Gasteiger charge is 2.81. The third kappa shape index (κ3) is 17.3. The molecule has 0 aromatic heterocycles. The molecule has 8 aromatic carbocycles. The number of fused-ring (bicyclic) bond motifs is 4. The van der Waals surface area contributed by atoms with Crippen LogP contribution in [0.2, 0.25) is 76.6 Å². The first-order chi connectivity index (χ1) is 47.0. The maximum absolute atomic E-state index is 9.02. The summed E-state index contributed by atoms with van der Waals surface area (Å²) in [7, 11) is -54.3. The Hall–Kier alpha value is -3.04. The lowest BCUT2D eigenvalue weighted by Gasteiger charge is -2.58. The summed E-state index contributed by atoms with van der Waals surface area (Å²) in [4.78, 5) is 0. The van der Waals surface area contributed by atoms with E-state index in [1.807, 2.05) is 243 Å². The molecule has 0 spiro atoms. The molecule has 14 nitrogen and oxygen atoms in total. The largest absolute Gasteiger partial charge is 0.515 e. The Labute approximate surface area is 612 Å². The van der Waals surface area contributed by atoms with Gasteiger partial charge in [-0.25, -0.2) is 0 Å². The lowest BCUT2D eigenvalue weighted by Crippen LogP contribution is -2.91. The van der Waals surface area contributed by atoms with E-state index in [0.717, 1.165) is 0 Å². The first-order valence-corrected chi connectivity index (χ1v) is 61.9. The van der Waals surface area contributed by atoms with Gasteiger partial charge in [-0.2, -0.15) is 0 Å². The van der Waals surface area contributed by atoms with Gasteiger partial charge in [-0.1, -0.05) is 243 Å². The van der Waals surface area contributed by atoms with E-state index >= 15 is 0 Å². The van der Waals surface area contributed by atoms with Gasteiger partial charge < -0.3 is 57.6 Å². The van der Waals surface area contributed by atoms with Gasteiger partial charge in [0.25, 0.3) is 0 Å². The molecule has 0 atom stereocenters. The molecule has 4 fully saturated rings. The van der Waals surface area contributed by atoms with Crippen LogP contribution >= 0.6 is 46.4 Å². The van der Waals surface area contributed by atoms with Crippen LogP contribution in [0.4, 0.5) is 0 Å². The maximum Gasteiger partial charge on any atom is 0.515 e. The van der Waals surface area contributed by atoms with Crippen LogP contribution in [0.1, 0.15) is 25.7 Å². The zero-order valence-corrected chi connectivity index (χ0v) is 71.8. The highest BCUT2D eigenvalue weighted by Crippen LogP contribution is 2.46. The molecule has 98 heavy (non-hydrogen) atoms. The Morgan fingerprint density at radius 2 is 0.367 bits per heavy atom. The summed E-state index contributed by atoms with van der Waals surface area (Å²) in [5.41, 5.74) is 0. The molecule has 12 rings (SSSR count). The topological polar surface area (TPSA) is 129 Å². The second kappa shape index (κ2) is 32.1. The zero-order valence-electron chi connectivity index (χ0n) is 56.8. The molecule has 4 aliphatic rings. The predicted octanol–water partition coefficient (Wildman–Crippen LogP) is 12.4. The number of benzene rings is 8. The first kappa shape index (κ1) is 76.1. The molecule has 4 aliphatic heterocycles. The van der Waals surface area contributed by atoms with Crippen LogP contribution in [0.3, 0.4) is 0 Å². The van der Waals surface area contributed by atoms with Gasteiger partial charge in [0.05, 0.1) is 0 Å². The monoisotopic (exact) mass is 1600 g/mol. The van der Waals surface area contributed by atoms with Gasteiger partial charge in [0.2, 0.25) is 0 Å². The van der Waals surface area contributed by atoms with E-state index in [-0.39, 0.29) is 0 Å². The van der Waals surface area contributed by atoms with Crippen molar-refractivity contribution in [2.75, 3.05) is 23.5 Å². The van der Waals surface area contributed by atoms with Crippen molar-refractivity contribution in [2.45, 2.75) is 102 Å². The summed E-state index contributed by atoms with van der Waals surface area (Å²) in [6, 6.07) is 80.9. The molecule has 4 heterocycles. The summed E-state index contributed by atoms with van der Waals surface area (Å²) in [6.45, 7) is 17.3. The Bertz CT molecular complexity index is 3300. The molecule has 0 saturated carbocycles. The van der Waals surface area contributed by atoms with Crippen molar-refractivity contribution < 1.29 is 57.6 Å². The van der Waals surface area contributed by atoms with E-state index < -0.39 is 104 Å². The maximum atomic E-state index is 9.02. The second-order valence-corrected chi connectivity index (χ2v) is 69.6. The molecule has 4 bridgehead atoms. The molecule has 0 radical (unpaired) electrons. The molecule has 0 amide bonds. The van der Waals surface area contributed by atoms with Crippen LogP contribution < -0.4 is 41.5 Å². The molecule has 0 unspecified atom stereocenters. The van der Waals surface area contributed by atoms with Crippen LogP contribution in [0, 0.1) is 0 Å². The fraction of sp³-hybridized carbons (Fsp3) is 0.294. The van der Waals surface area contributed by atoms with E-state index in [0.29, 0.717) is 115 Å². The fourth-order valence-corrected chi connectivity index (χ4v) is 74.5. The molecule has 4 saturated heterocycles. The zero-order chi connectivity index (χ0) is 69.3. The van der Waals surface area contributed by atoms with Crippen molar-refractivity contribution in [3.05, 3.63) is 243 Å². The van der Waals surface area contributed by atoms with Crippen LogP contribution in [-0.4, -0.2) is 127 Å². The van der Waals surface area contributed by atoms with Gasteiger partial charge in [0, 0.05) is 65.0 Å². The average Bonchev–Trinajstić information content (AvgIpc) is 0.686. The number of rotatable bonds is 28. The minimum absolute atomic E-state index is 0.387. The molecule has 520 valence electrons. The average molecular weight is 1610 g/mol. The summed E-state index contributed by atoms with van der Waals surface area (Å²) in [5, 5.41) is 4.20. The summed E-state index contributed by atoms with van der Waals surface area (Å²) in [6.07, 6.45) is 2.53. The summed E-state index contributed by atoms with van der Waals surface area (Å²) < 4.78 is 122. The highest BCUT2D eigenvalue weighted by atomic mass is 35.5. The first-order valence-electron chi connectivity index (χ1n) is 33.5. The molecular weight excluding hydrogens is 1520 g/mol. The normalized spacial score (nSPS) is 27.1. The van der Waals surface area contributed by atoms with Crippen LogP contribution in [0.5, 0.6) is 0 Å². The molecular formula is C68H88Cl4O14Si12. The van der Waals surface area contributed by atoms with Crippen LogP contribution in [0.15, 0.2) is 243 Å². The Balaban J connectivity index is 1.45. The van der Waals surface area contributed by atoms with Gasteiger partial charge in [-0.15, -0.1) is 46.4 Å². The fourth-order valence-electron chi connectivity index (χ4n) is 12.5. The summed E-state index contributed by atoms with van der Waals surface area (Å²) >= 11 is 26.9. The number of alkyl halides is 4. The van der Waals surface area contributed by atoms with Crippen molar-refractivity contribution in [1.82, 2.24) is 0 Å². The van der Waals surface area contributed by atoms with Crippen LogP contribution in [0.25, 0.3) is 0 Å². The quantitative estimate of drug-likeness (QED) is 0.0341. The molecule has 30 heteroatoms. The SMILES string of the molecule is C[Si](C)(CCCCl)O[Si]1(c2ccccc2)O[Si]2(c3ccccc3)O[Si](O[Si](C)(C)CCCCl)(c3ccccc3)O[Si](c3ccccc3)(O1)O[Si]1(c3ccccc3)O[Si](O[Si](C)(C)CCCCl)(c3ccccc3)O[Si](c3ccccc3)(O[Si](O[Si](C)(C)CCCCl)(c3ccccc3)O1)O2. The van der Waals surface area contributed by atoms with Crippen molar-refractivity contribution in [2.24, 2.45) is 0 Å². The minimum Gasteiger partial charge on any atom is -0.413 e. The Kier molecular flexibility index (Phi) is 25.0. The number of hydrogen-bond donors (Lipinski definition) is 0. The number of halogens is 4. The minimum atomic E-state index is -5.42. The van der Waals surface area contributed by atoms with Crippen molar-refractivity contribution in [3.63, 3.8) is 0 Å². The van der Waals surface area contributed by atoms with Gasteiger partial charge >= 0.3 is 70.4 Å². The van der Waals surface area contributed by atoms with Gasteiger partial charge in [0.1, 0.15) is 0 Å². The molecule has 8 aromatic rings. The smallest absolute Gasteiger partial charge is 0.413 e. The third-order valence-electron chi connectivity index (χ3n) is 17.0. The van der Waals surface area contributed by atoms with Crippen molar-refractivity contribution >= 4 is 192 Å². The van der Waals surface area contributed by atoms with Gasteiger partial charge in [-0.05, 0) is 102 Å². The third-order valence-corrected chi connectivity index (χ3v) is 67.3. The van der Waals surface area contributed by atoms with Crippen molar-refractivity contribution in [3.8, 4) is 0 Å². The Morgan fingerprint density at radius 3 is 0.510 bits per heavy atom. The van der Waals surface area contributed by atoms with Gasteiger partial charge in [0.15, 0.2) is 33.3 Å². The standard InChI is InChI=1S/C68H88Cl4O14Si12/c1-87(2,57-33-53-69)73-91(61-37-17-9-18-38-61)77-95(65-45-25-13-26-46-65)79-92(62-39-19-10-20-40-62,74-88(3,4)58-34-54-70)80-96(78-91,66-47-27-14-28-48-66)86-98(68-51-31-16-32-52-68)82-93(63-41-21-11-22-42-63,75-89(5,6)59-35-55-71)81-97(85-95,67-49-29-15-30-50-67)83-94(84-98,64-43-23-12-24-44-64)76-90(7,8)60-36-56-72/h9-32,37-52H,33-36,53-60H2,1-8H3. The lowest BCUT2D eigenvalue weighted by atomic mass is 10.4. The van der Waals surface area contributed by atoms with E-state index in [2.05, 4.69) is 52.4 Å². The highest BCUT2D eigenvalue weighted by molar-refractivity contribution is 7.11. The molecule has 0 N–H and O–H groups in total. The Morgan fingerprint density at radius 1 is 0.224 bits per heavy atom. The van der Waals surface area contributed by atoms with E-state index in [1.165, 1.54) is 0 Å². The second-order valence-electron chi connectivity index (χ2n) is 27.0. The van der Waals surface area contributed by atoms with Crippen LogP contribution in [-0.2, 0) is 57.6 Å². The van der Waals surface area contributed by atoms with Crippen molar-refractivity contribution in [1.29, 1.82) is 0 Å². The number of hydrogen-bond acceptors (Lipinski definition) is 14. The lowest BCUT2D eigenvalue weighted by molar-refractivity contribution is 0.0480. The van der Waals surface area contributed by atoms with E-state index in [9.17, 15) is 0 Å².